The number of hydrogen-bond acceptors (Lipinski definition) is 4. The van der Waals surface area contributed by atoms with Crippen molar-refractivity contribution >= 4 is 15.7 Å². The second-order valence-corrected chi connectivity index (χ2v) is 6.52. The zero-order valence-electron chi connectivity index (χ0n) is 10.4. The van der Waals surface area contributed by atoms with E-state index in [1.54, 1.807) is 0 Å². The monoisotopic (exact) mass is 288 g/mol. The maximum Gasteiger partial charge on any atom is 0.238 e. The van der Waals surface area contributed by atoms with E-state index in [9.17, 15) is 17.9 Å². The summed E-state index contributed by atoms with van der Waals surface area (Å²) in [5.74, 6) is -0.689. The minimum Gasteiger partial charge on any atom is -0.394 e. The summed E-state index contributed by atoms with van der Waals surface area (Å²) in [5.41, 5.74) is -0.326. The number of aliphatic hydroxyl groups excluding tert-OH is 1. The zero-order chi connectivity index (χ0) is 14.1. The van der Waals surface area contributed by atoms with Crippen molar-refractivity contribution < 1.29 is 17.9 Å². The number of primary sulfonamides is 1. The Kier molecular flexibility index (Phi) is 3.80. The summed E-state index contributed by atoms with van der Waals surface area (Å²) >= 11 is 0. The van der Waals surface area contributed by atoms with Gasteiger partial charge in [0.1, 0.15) is 5.82 Å². The molecule has 7 heteroatoms. The van der Waals surface area contributed by atoms with Crippen LogP contribution < -0.4 is 10.5 Å². The highest BCUT2D eigenvalue weighted by Gasteiger charge is 2.33. The molecular formula is C12H17FN2O3S. The third-order valence-corrected chi connectivity index (χ3v) is 4.44. The first-order valence-corrected chi connectivity index (χ1v) is 7.62. The number of rotatable bonds is 4. The molecule has 0 heterocycles. The molecule has 0 spiro atoms. The van der Waals surface area contributed by atoms with E-state index in [2.05, 4.69) is 5.32 Å². The molecule has 106 valence electrons. The van der Waals surface area contributed by atoms with Crippen LogP contribution in [0.1, 0.15) is 25.7 Å². The van der Waals surface area contributed by atoms with Gasteiger partial charge in [0.2, 0.25) is 10.0 Å². The van der Waals surface area contributed by atoms with Crippen LogP contribution in [0.25, 0.3) is 0 Å². The van der Waals surface area contributed by atoms with Gasteiger partial charge < -0.3 is 10.4 Å². The minimum absolute atomic E-state index is 0.0800. The molecular weight excluding hydrogens is 271 g/mol. The number of nitrogens with one attached hydrogen (secondary N) is 1. The van der Waals surface area contributed by atoms with Crippen LogP contribution in [0, 0.1) is 5.82 Å². The summed E-state index contributed by atoms with van der Waals surface area (Å²) < 4.78 is 36.1. The summed E-state index contributed by atoms with van der Waals surface area (Å²) in [4.78, 5) is -0.264. The van der Waals surface area contributed by atoms with Gasteiger partial charge in [0.15, 0.2) is 0 Å². The fourth-order valence-corrected chi connectivity index (χ4v) is 2.96. The van der Waals surface area contributed by atoms with Crippen LogP contribution in [-0.2, 0) is 10.0 Å². The van der Waals surface area contributed by atoms with Crippen LogP contribution in [0.15, 0.2) is 23.1 Å². The van der Waals surface area contributed by atoms with Gasteiger partial charge in [-0.25, -0.2) is 17.9 Å². The highest BCUT2D eigenvalue weighted by Crippen LogP contribution is 2.33. The Labute approximate surface area is 111 Å². The average Bonchev–Trinajstić information content (AvgIpc) is 2.80. The molecule has 0 aliphatic heterocycles. The van der Waals surface area contributed by atoms with Crippen molar-refractivity contribution in [2.75, 3.05) is 11.9 Å². The van der Waals surface area contributed by atoms with Gasteiger partial charge in [0.05, 0.1) is 22.7 Å². The van der Waals surface area contributed by atoms with Crippen LogP contribution in [0.4, 0.5) is 10.1 Å². The van der Waals surface area contributed by atoms with Crippen molar-refractivity contribution in [2.45, 2.75) is 36.1 Å². The van der Waals surface area contributed by atoms with Gasteiger partial charge in [-0.3, -0.25) is 0 Å². The molecule has 1 aromatic rings. The molecule has 1 aromatic carbocycles. The van der Waals surface area contributed by atoms with E-state index >= 15 is 0 Å². The first kappa shape index (κ1) is 14.2. The zero-order valence-corrected chi connectivity index (χ0v) is 11.2. The Morgan fingerprint density at radius 1 is 1.37 bits per heavy atom. The summed E-state index contributed by atoms with van der Waals surface area (Å²) in [5, 5.41) is 17.4. The number of hydrogen-bond donors (Lipinski definition) is 3. The number of aliphatic hydroxyl groups is 1. The van der Waals surface area contributed by atoms with Gasteiger partial charge in [-0.1, -0.05) is 12.8 Å². The third-order valence-electron chi connectivity index (χ3n) is 3.53. The molecule has 0 atom stereocenters. The lowest BCUT2D eigenvalue weighted by Gasteiger charge is -2.29. The molecule has 1 aliphatic carbocycles. The summed E-state index contributed by atoms with van der Waals surface area (Å²) in [6, 6.07) is 3.48. The van der Waals surface area contributed by atoms with E-state index in [4.69, 9.17) is 5.14 Å². The lowest BCUT2D eigenvalue weighted by molar-refractivity contribution is 0.214. The fourth-order valence-electron chi connectivity index (χ4n) is 2.43. The van der Waals surface area contributed by atoms with Crippen molar-refractivity contribution in [1.29, 1.82) is 0 Å². The largest absolute Gasteiger partial charge is 0.394 e. The van der Waals surface area contributed by atoms with Crippen molar-refractivity contribution in [2.24, 2.45) is 5.14 Å². The Morgan fingerprint density at radius 3 is 2.47 bits per heavy atom. The van der Waals surface area contributed by atoms with Crippen molar-refractivity contribution in [3.63, 3.8) is 0 Å². The van der Waals surface area contributed by atoms with Gasteiger partial charge in [0, 0.05) is 0 Å². The van der Waals surface area contributed by atoms with Crippen LogP contribution in [0.3, 0.4) is 0 Å². The van der Waals surface area contributed by atoms with Gasteiger partial charge in [-0.15, -0.1) is 0 Å². The van der Waals surface area contributed by atoms with Gasteiger partial charge in [-0.05, 0) is 31.0 Å². The van der Waals surface area contributed by atoms with Crippen LogP contribution in [-0.4, -0.2) is 25.7 Å². The quantitative estimate of drug-likeness (QED) is 0.776. The second kappa shape index (κ2) is 5.07. The van der Waals surface area contributed by atoms with Crippen molar-refractivity contribution in [3.05, 3.63) is 24.0 Å². The van der Waals surface area contributed by atoms with Crippen LogP contribution in [0.5, 0.6) is 0 Å². The molecule has 2 rings (SSSR count). The number of halogens is 1. The Hall–Kier alpha value is -1.18. The number of benzene rings is 1. The SMILES string of the molecule is NS(=O)(=O)c1ccc(NC2(CO)CCCC2)c(F)c1. The molecule has 0 aromatic heterocycles. The number of nitrogens with two attached hydrogens (primary N) is 1. The number of sulfonamides is 1. The highest BCUT2D eigenvalue weighted by atomic mass is 32.2. The van der Waals surface area contributed by atoms with Crippen molar-refractivity contribution in [1.82, 2.24) is 0 Å². The third kappa shape index (κ3) is 3.05. The van der Waals surface area contributed by atoms with Gasteiger partial charge in [-0.2, -0.15) is 0 Å². The molecule has 1 fully saturated rings. The maximum absolute atomic E-state index is 13.9. The second-order valence-electron chi connectivity index (χ2n) is 4.96. The van der Waals surface area contributed by atoms with E-state index in [1.165, 1.54) is 12.1 Å². The Bertz CT molecular complexity index is 568. The molecule has 1 aliphatic rings. The molecule has 4 N–H and O–H groups in total. The lowest BCUT2D eigenvalue weighted by atomic mass is 9.98. The molecule has 0 amide bonds. The van der Waals surface area contributed by atoms with Gasteiger partial charge in [0.25, 0.3) is 0 Å². The van der Waals surface area contributed by atoms with Crippen LogP contribution in [0.2, 0.25) is 0 Å². The number of anilines is 1. The molecule has 5 nitrogen and oxygen atoms in total. The first-order chi connectivity index (χ1) is 8.86. The summed E-state index contributed by atoms with van der Waals surface area (Å²) in [6.07, 6.45) is 3.48. The maximum atomic E-state index is 13.9. The average molecular weight is 288 g/mol. The van der Waals surface area contributed by atoms with E-state index in [-0.39, 0.29) is 17.2 Å². The summed E-state index contributed by atoms with van der Waals surface area (Å²) in [6.45, 7) is -0.0800. The predicted molar refractivity (Wildman–Crippen MR) is 69.7 cm³/mol. The molecule has 0 unspecified atom stereocenters. The molecule has 0 saturated heterocycles. The highest BCUT2D eigenvalue weighted by molar-refractivity contribution is 7.89. The van der Waals surface area contributed by atoms with Crippen molar-refractivity contribution in [3.8, 4) is 0 Å². The van der Waals surface area contributed by atoms with Crippen LogP contribution >= 0.6 is 0 Å². The van der Waals surface area contributed by atoms with Gasteiger partial charge >= 0.3 is 0 Å². The smallest absolute Gasteiger partial charge is 0.238 e. The van der Waals surface area contributed by atoms with E-state index in [0.717, 1.165) is 31.7 Å². The molecule has 0 bridgehead atoms. The molecule has 0 radical (unpaired) electrons. The van der Waals surface area contributed by atoms with E-state index < -0.39 is 21.4 Å². The summed E-state index contributed by atoms with van der Waals surface area (Å²) in [7, 11) is -3.91. The lowest BCUT2D eigenvalue weighted by Crippen LogP contribution is -2.39. The Balaban J connectivity index is 2.27. The molecule has 19 heavy (non-hydrogen) atoms. The van der Waals surface area contributed by atoms with E-state index in [1.807, 2.05) is 0 Å². The Morgan fingerprint density at radius 2 is 2.00 bits per heavy atom. The minimum atomic E-state index is -3.91. The fraction of sp³-hybridized carbons (Fsp3) is 0.500. The normalized spacial score (nSPS) is 18.5. The first-order valence-electron chi connectivity index (χ1n) is 6.08. The molecule has 1 saturated carbocycles. The van der Waals surface area contributed by atoms with E-state index in [0.29, 0.717) is 0 Å². The standard InChI is InChI=1S/C12H17FN2O3S/c13-10-7-9(19(14,17)18)3-4-11(10)15-12(8-16)5-1-2-6-12/h3-4,7,15-16H,1-2,5-6,8H2,(H2,14,17,18). The topological polar surface area (TPSA) is 92.4 Å². The predicted octanol–water partition coefficient (Wildman–Crippen LogP) is 1.19.